The zero-order valence-corrected chi connectivity index (χ0v) is 28.7. The molecule has 2 nitrogen and oxygen atoms in total. The van der Waals surface area contributed by atoms with Crippen LogP contribution in [0.25, 0.3) is 55.6 Å². The summed E-state index contributed by atoms with van der Waals surface area (Å²) in [5, 5.41) is 3.87. The first-order valence-corrected chi connectivity index (χ1v) is 17.8. The Morgan fingerprint density at radius 2 is 0.673 bits per heavy atom. The van der Waals surface area contributed by atoms with Crippen LogP contribution < -0.4 is 5.32 Å². The quantitative estimate of drug-likeness (QED) is 0.180. The van der Waals surface area contributed by atoms with Crippen LogP contribution in [0, 0.1) is 0 Å². The van der Waals surface area contributed by atoms with Gasteiger partial charge in [-0.25, -0.2) is 4.99 Å². The number of fused-ring (bicyclic) bond motifs is 1. The zero-order valence-electron chi connectivity index (χ0n) is 28.7. The van der Waals surface area contributed by atoms with Gasteiger partial charge in [0.15, 0.2) is 0 Å². The van der Waals surface area contributed by atoms with E-state index in [1.165, 1.54) is 38.9 Å². The lowest BCUT2D eigenvalue weighted by Crippen LogP contribution is -2.32. The van der Waals surface area contributed by atoms with Crippen LogP contribution >= 0.6 is 0 Å². The number of nitrogens with zero attached hydrogens (tertiary/aromatic N) is 1. The highest BCUT2D eigenvalue weighted by Gasteiger charge is 2.25. The second-order valence-corrected chi connectivity index (χ2v) is 13.3. The summed E-state index contributed by atoms with van der Waals surface area (Å²) in [6.45, 7) is 0. The van der Waals surface area contributed by atoms with Crippen molar-refractivity contribution >= 4 is 11.5 Å². The molecule has 0 spiro atoms. The van der Waals surface area contributed by atoms with Crippen molar-refractivity contribution in [3.8, 4) is 55.6 Å². The molecule has 0 fully saturated rings. The number of rotatable bonds is 7. The largest absolute Gasteiger partial charge is 0.359 e. The van der Waals surface area contributed by atoms with Crippen LogP contribution in [0.3, 0.4) is 0 Å². The van der Waals surface area contributed by atoms with E-state index in [1.54, 1.807) is 0 Å². The summed E-state index contributed by atoms with van der Waals surface area (Å²) in [4.78, 5) is 5.36. The molecule has 8 aromatic carbocycles. The molecule has 0 radical (unpaired) electrons. The summed E-state index contributed by atoms with van der Waals surface area (Å²) in [7, 11) is 0. The topological polar surface area (TPSA) is 24.4 Å². The highest BCUT2D eigenvalue weighted by molar-refractivity contribution is 6.04. The van der Waals surface area contributed by atoms with Crippen LogP contribution in [0.15, 0.2) is 211 Å². The summed E-state index contributed by atoms with van der Waals surface area (Å²) in [6.07, 6.45) is 0. The van der Waals surface area contributed by atoms with Gasteiger partial charge in [-0.15, -0.1) is 0 Å². The molecule has 0 amide bonds. The number of hydrogen-bond acceptors (Lipinski definition) is 2. The van der Waals surface area contributed by atoms with Crippen LogP contribution in [0.1, 0.15) is 22.7 Å². The van der Waals surface area contributed by atoms with Crippen LogP contribution in [-0.4, -0.2) is 5.84 Å². The van der Waals surface area contributed by atoms with Crippen LogP contribution in [0.4, 0.5) is 5.69 Å². The van der Waals surface area contributed by atoms with E-state index in [9.17, 15) is 0 Å². The third-order valence-corrected chi connectivity index (χ3v) is 9.95. The Morgan fingerprint density at radius 1 is 0.308 bits per heavy atom. The van der Waals surface area contributed by atoms with Crippen molar-refractivity contribution in [1.82, 2.24) is 5.32 Å². The van der Waals surface area contributed by atoms with Crippen molar-refractivity contribution in [2.75, 3.05) is 0 Å². The molecule has 1 aliphatic heterocycles. The van der Waals surface area contributed by atoms with Gasteiger partial charge in [0.2, 0.25) is 0 Å². The molecule has 8 aromatic rings. The van der Waals surface area contributed by atoms with E-state index in [4.69, 9.17) is 4.99 Å². The number of benzene rings is 8. The SMILES string of the molecule is c1ccc(-c2ccc(-c3cc(C4=Nc5cc(-c6ccccc6)ccc5C(c5ccccc5)N4)cc(-c4ccc(-c5ccccc5)cc4)c3)cc2)cc1. The fraction of sp³-hybridized carbons (Fsp3) is 0.0200. The smallest absolute Gasteiger partial charge is 0.134 e. The van der Waals surface area contributed by atoms with E-state index in [0.29, 0.717) is 0 Å². The lowest BCUT2D eigenvalue weighted by molar-refractivity contribution is 0.749. The van der Waals surface area contributed by atoms with Gasteiger partial charge >= 0.3 is 0 Å². The third kappa shape index (κ3) is 6.34. The molecular weight excluding hydrogens is 629 g/mol. The molecule has 9 rings (SSSR count). The number of hydrogen-bond donors (Lipinski definition) is 1. The molecule has 0 saturated carbocycles. The molecule has 1 unspecified atom stereocenters. The van der Waals surface area contributed by atoms with E-state index in [0.717, 1.165) is 44.9 Å². The normalized spacial score (nSPS) is 13.5. The lowest BCUT2D eigenvalue weighted by Gasteiger charge is -2.28. The number of nitrogens with one attached hydrogen (secondary N) is 1. The van der Waals surface area contributed by atoms with E-state index in [-0.39, 0.29) is 6.04 Å². The highest BCUT2D eigenvalue weighted by atomic mass is 15.1. The Labute approximate surface area is 305 Å². The molecular formula is C50H36N2. The average Bonchev–Trinajstić information content (AvgIpc) is 3.24. The molecule has 0 saturated heterocycles. The lowest BCUT2D eigenvalue weighted by atomic mass is 9.91. The van der Waals surface area contributed by atoms with Crippen molar-refractivity contribution in [3.05, 3.63) is 223 Å². The second kappa shape index (κ2) is 13.9. The van der Waals surface area contributed by atoms with Gasteiger partial charge in [0, 0.05) is 11.1 Å². The number of aliphatic imine (C=N–C) groups is 1. The van der Waals surface area contributed by atoms with Crippen molar-refractivity contribution in [1.29, 1.82) is 0 Å². The summed E-state index contributed by atoms with van der Waals surface area (Å²) in [5.41, 5.74) is 16.2. The minimum absolute atomic E-state index is 0.0454. The summed E-state index contributed by atoms with van der Waals surface area (Å²) in [6, 6.07) is 73.6. The first-order chi connectivity index (χ1) is 25.7. The Bertz CT molecular complexity index is 2390. The van der Waals surface area contributed by atoms with Crippen LogP contribution in [0.5, 0.6) is 0 Å². The number of amidine groups is 1. The predicted octanol–water partition coefficient (Wildman–Crippen LogP) is 12.8. The fourth-order valence-electron chi connectivity index (χ4n) is 7.19. The van der Waals surface area contributed by atoms with E-state index in [2.05, 4.69) is 212 Å². The van der Waals surface area contributed by atoms with Gasteiger partial charge in [-0.2, -0.15) is 0 Å². The van der Waals surface area contributed by atoms with Gasteiger partial charge in [-0.1, -0.05) is 182 Å². The van der Waals surface area contributed by atoms with Gasteiger partial charge in [-0.05, 0) is 85.5 Å². The molecule has 52 heavy (non-hydrogen) atoms. The standard InChI is InChI=1S/C50H36N2/c1-5-13-35(14-6-1)38-21-25-40(26-22-38)44-31-45(41-27-23-39(24-28-41)36-15-7-2-8-16-36)33-46(32-44)50-51-48-34-43(37-17-9-3-10-18-37)29-30-47(48)49(52-50)42-19-11-4-12-20-42/h1-34,49H,(H,51,52). The maximum Gasteiger partial charge on any atom is 0.134 e. The zero-order chi connectivity index (χ0) is 34.7. The second-order valence-electron chi connectivity index (χ2n) is 13.3. The fourth-order valence-corrected chi connectivity index (χ4v) is 7.19. The Hall–Kier alpha value is -6.77. The molecule has 1 heterocycles. The summed E-state index contributed by atoms with van der Waals surface area (Å²) in [5.74, 6) is 0.858. The summed E-state index contributed by atoms with van der Waals surface area (Å²) < 4.78 is 0. The third-order valence-electron chi connectivity index (χ3n) is 9.95. The monoisotopic (exact) mass is 664 g/mol. The minimum Gasteiger partial charge on any atom is -0.359 e. The van der Waals surface area contributed by atoms with Crippen molar-refractivity contribution < 1.29 is 0 Å². The minimum atomic E-state index is -0.0454. The molecule has 1 atom stereocenters. The molecule has 2 heteroatoms. The van der Waals surface area contributed by atoms with Gasteiger partial charge in [0.1, 0.15) is 5.84 Å². The maximum absolute atomic E-state index is 5.36. The predicted molar refractivity (Wildman–Crippen MR) is 218 cm³/mol. The molecule has 246 valence electrons. The van der Waals surface area contributed by atoms with Crippen LogP contribution in [0.2, 0.25) is 0 Å². The van der Waals surface area contributed by atoms with E-state index < -0.39 is 0 Å². The summed E-state index contributed by atoms with van der Waals surface area (Å²) >= 11 is 0. The molecule has 0 bridgehead atoms. The molecule has 1 N–H and O–H groups in total. The average molecular weight is 665 g/mol. The van der Waals surface area contributed by atoms with Crippen molar-refractivity contribution in [3.63, 3.8) is 0 Å². The van der Waals surface area contributed by atoms with Gasteiger partial charge in [-0.3, -0.25) is 0 Å². The van der Waals surface area contributed by atoms with Crippen molar-refractivity contribution in [2.45, 2.75) is 6.04 Å². The maximum atomic E-state index is 5.36. The molecule has 0 aromatic heterocycles. The first kappa shape index (κ1) is 31.2. The van der Waals surface area contributed by atoms with Crippen molar-refractivity contribution in [2.24, 2.45) is 4.99 Å². The highest BCUT2D eigenvalue weighted by Crippen LogP contribution is 2.39. The molecule has 1 aliphatic rings. The Morgan fingerprint density at radius 3 is 1.15 bits per heavy atom. The van der Waals surface area contributed by atoms with Gasteiger partial charge in [0.05, 0.1) is 11.7 Å². The Kier molecular flexibility index (Phi) is 8.32. The van der Waals surface area contributed by atoms with E-state index >= 15 is 0 Å². The van der Waals surface area contributed by atoms with Gasteiger partial charge in [0.25, 0.3) is 0 Å². The Balaban J connectivity index is 1.18. The molecule has 0 aliphatic carbocycles. The van der Waals surface area contributed by atoms with E-state index in [1.807, 2.05) is 0 Å². The van der Waals surface area contributed by atoms with Crippen LogP contribution in [-0.2, 0) is 0 Å². The first-order valence-electron chi connectivity index (χ1n) is 17.8. The van der Waals surface area contributed by atoms with Gasteiger partial charge < -0.3 is 5.32 Å².